The van der Waals surface area contributed by atoms with Gasteiger partial charge in [-0.1, -0.05) is 91.0 Å². The number of hydrogen-bond acceptors (Lipinski definition) is 0. The van der Waals surface area contributed by atoms with Gasteiger partial charge in [0.25, 0.3) is 0 Å². The molecule has 37 heavy (non-hydrogen) atoms. The summed E-state index contributed by atoms with van der Waals surface area (Å²) < 4.78 is 96.7. The smallest absolute Gasteiger partial charge is 0 e. The van der Waals surface area contributed by atoms with E-state index < -0.39 is 15.7 Å². The van der Waals surface area contributed by atoms with Crippen molar-refractivity contribution in [2.45, 2.75) is 0 Å². The zero-order chi connectivity index (χ0) is 29.3. The van der Waals surface area contributed by atoms with Gasteiger partial charge in [-0.3, -0.25) is 0 Å². The normalized spacial score (nSPS) is 10.1. The third-order valence-corrected chi connectivity index (χ3v) is 5.49. The minimum atomic E-state index is -10.7. The molecule has 0 amide bonds. The van der Waals surface area contributed by atoms with E-state index in [0.29, 0.717) is 0 Å². The molecule has 0 bridgehead atoms. The molecule has 3 aromatic rings. The van der Waals surface area contributed by atoms with Crippen LogP contribution in [0.15, 0.2) is 91.0 Å². The van der Waals surface area contributed by atoms with Crippen LogP contribution in [-0.4, -0.2) is 0 Å². The zero-order valence-electron chi connectivity index (χ0n) is 18.2. The Hall–Kier alpha value is -2.68. The molecule has 0 spiro atoms. The molecule has 0 heterocycles. The second-order valence-electron chi connectivity index (χ2n) is 5.30. The fourth-order valence-electron chi connectivity index (χ4n) is 2.18. The summed E-state index contributed by atoms with van der Waals surface area (Å²) in [6, 6.07) is 32.3. The van der Waals surface area contributed by atoms with E-state index in [1.165, 1.54) is 15.9 Å². The molecule has 1 radical (unpaired) electrons. The molecule has 0 aromatic heterocycles. The summed E-state index contributed by atoms with van der Waals surface area (Å²) in [6.45, 7) is 22.5. The van der Waals surface area contributed by atoms with E-state index in [1.807, 2.05) is 0 Å². The maximum absolute atomic E-state index is 10.7. The van der Waals surface area contributed by atoms with Gasteiger partial charge in [0.15, 0.2) is 0 Å². The first-order chi connectivity index (χ1) is 16.9. The predicted octanol–water partition coefficient (Wildman–Crippen LogP) is 6.64. The second kappa shape index (κ2) is 22.5. The Morgan fingerprint density at radius 2 is 0.541 bits per heavy atom. The Morgan fingerprint density at radius 1 is 0.405 bits per heavy atom. The fraction of sp³-hybridized carbons (Fsp3) is 0. The van der Waals surface area contributed by atoms with Gasteiger partial charge >= 0.3 is 89.5 Å². The fourth-order valence-corrected chi connectivity index (χ4v) is 4.48. The molecule has 0 aliphatic rings. The van der Waals surface area contributed by atoms with Gasteiger partial charge in [-0.05, 0) is 23.8 Å². The van der Waals surface area contributed by atoms with Crippen LogP contribution in [0.2, 0.25) is 0 Å². The summed E-state index contributed by atoms with van der Waals surface area (Å²) in [5.74, 6) is 0. The van der Waals surface area contributed by atoms with E-state index in [2.05, 4.69) is 124 Å². The maximum Gasteiger partial charge on any atom is 0 e. The molecule has 14 heteroatoms. The average molecular weight is 602 g/mol. The average Bonchev–Trinajstić information content (AvgIpc) is 2.90. The summed E-state index contributed by atoms with van der Waals surface area (Å²) in [5.41, 5.74) is 0. The van der Waals surface area contributed by atoms with E-state index in [9.17, 15) is 25.2 Å². The van der Waals surface area contributed by atoms with Crippen molar-refractivity contribution in [1.82, 2.24) is 0 Å². The summed E-state index contributed by atoms with van der Waals surface area (Å²) in [4.78, 5) is 0. The van der Waals surface area contributed by atoms with Gasteiger partial charge in [0.05, 0.1) is 0 Å². The van der Waals surface area contributed by atoms with Gasteiger partial charge in [0.1, 0.15) is 0 Å². The molecule has 3 aromatic carbocycles. The van der Waals surface area contributed by atoms with Gasteiger partial charge in [-0.15, -0.1) is 0 Å². The second-order valence-corrected chi connectivity index (χ2v) is 9.44. The summed E-state index contributed by atoms with van der Waals surface area (Å²) in [5, 5.41) is 4.19. The van der Waals surface area contributed by atoms with E-state index in [-0.39, 0.29) is 17.1 Å². The van der Waals surface area contributed by atoms with Crippen LogP contribution in [0.25, 0.3) is 0 Å². The minimum Gasteiger partial charge on any atom is -0.0622 e. The van der Waals surface area contributed by atoms with Crippen LogP contribution >= 0.6 is 15.7 Å². The van der Waals surface area contributed by atoms with E-state index in [1.54, 1.807) is 0 Å². The van der Waals surface area contributed by atoms with Crippen molar-refractivity contribution in [3.05, 3.63) is 124 Å². The van der Waals surface area contributed by atoms with Gasteiger partial charge in [0, 0.05) is 17.1 Å². The van der Waals surface area contributed by atoms with E-state index in [4.69, 9.17) is 23.3 Å². The van der Waals surface area contributed by atoms with Gasteiger partial charge in [-0.25, -0.2) is 0 Å². The van der Waals surface area contributed by atoms with Gasteiger partial charge in [0.2, 0.25) is 0 Å². The largest absolute Gasteiger partial charge is 0.0622 e. The monoisotopic (exact) mass is 602 g/mol. The molecule has 5 nitrogen and oxygen atoms in total. The molecule has 0 saturated carbocycles. The zero-order valence-corrected chi connectivity index (χ0v) is 21.2. The van der Waals surface area contributed by atoms with Crippen molar-refractivity contribution in [1.29, 1.82) is 0 Å². The van der Waals surface area contributed by atoms with Crippen molar-refractivity contribution in [2.75, 3.05) is 0 Å². The summed E-state index contributed by atoms with van der Waals surface area (Å²) in [6.07, 6.45) is 0. The topological polar surface area (TPSA) is 99.5 Å². The molecule has 0 fully saturated rings. The maximum atomic E-state index is 9.87. The van der Waals surface area contributed by atoms with Crippen LogP contribution in [0.4, 0.5) is 25.2 Å². The quantitative estimate of drug-likeness (QED) is 0.106. The Balaban J connectivity index is -0.000000161. The number of hydrogen-bond donors (Lipinski definition) is 0. The van der Waals surface area contributed by atoms with E-state index in [0.717, 1.165) is 0 Å². The molecule has 0 unspecified atom stereocenters. The Labute approximate surface area is 221 Å². The van der Waals surface area contributed by atoms with Crippen molar-refractivity contribution in [2.24, 2.45) is 0 Å². The summed E-state index contributed by atoms with van der Waals surface area (Å²) >= 11 is 0. The van der Waals surface area contributed by atoms with Crippen LogP contribution in [0.5, 0.6) is 0 Å². The Kier molecular flexibility index (Phi) is 27.0. The van der Waals surface area contributed by atoms with E-state index >= 15 is 0 Å². The Bertz CT molecular complexity index is 919. The van der Waals surface area contributed by atoms with Crippen LogP contribution in [0.1, 0.15) is 0 Å². The molecule has 0 aliphatic carbocycles. The first-order valence-electron chi connectivity index (χ1n) is 8.44. The van der Waals surface area contributed by atoms with Crippen LogP contribution < -0.4 is 15.9 Å². The van der Waals surface area contributed by atoms with Crippen LogP contribution in [0, 0.1) is 33.3 Å². The first-order valence-corrected chi connectivity index (χ1v) is 11.8. The first kappa shape index (κ1) is 44.3. The minimum absolute atomic E-state index is 0. The van der Waals surface area contributed by atoms with Crippen molar-refractivity contribution < 1.29 is 65.5 Å². The molecular weight excluding hydrogens is 587 g/mol. The molecule has 3 rings (SSSR count). The number of rotatable bonds is 3. The van der Waals surface area contributed by atoms with Crippen LogP contribution in [0.3, 0.4) is 0 Å². The standard InChI is InChI=1S/C18H15P.5CO.F6P.Mn/c1-4-10-16(11-5-1)19(17-12-6-2-7-13-17)18-14-8-3-9-15-18;5*1-2;1-7(2,3,4,5)6;/h1-15H;;;;;;;/q;;;;;;-1;. The third-order valence-electron chi connectivity index (χ3n) is 3.04. The molecule has 0 atom stereocenters. The molecule has 197 valence electrons. The third kappa shape index (κ3) is 29.4. The van der Waals surface area contributed by atoms with Crippen molar-refractivity contribution in [3.8, 4) is 0 Å². The summed E-state index contributed by atoms with van der Waals surface area (Å²) in [7, 11) is -11.1. The molecular formula is C23H15F6MnO5P2-. The number of halogens is 6. The molecule has 0 N–H and O–H groups in total. The number of benzene rings is 3. The SMILES string of the molecule is F[P-](F)(F)(F)(F)F.[C-]#[O+].[C-]#[O+].[C-]#[O+].[C-]#[O+].[C-]#[O+].[Mn].c1ccc(P(c2ccccc2)c2ccccc2)cc1. The van der Waals surface area contributed by atoms with Gasteiger partial charge in [-0.2, -0.15) is 0 Å². The van der Waals surface area contributed by atoms with Crippen molar-refractivity contribution >= 4 is 31.6 Å². The van der Waals surface area contributed by atoms with Crippen molar-refractivity contribution in [3.63, 3.8) is 0 Å². The van der Waals surface area contributed by atoms with Crippen LogP contribution in [-0.2, 0) is 40.3 Å². The molecule has 0 saturated heterocycles. The molecule has 0 aliphatic heterocycles. The predicted molar refractivity (Wildman–Crippen MR) is 118 cm³/mol. The van der Waals surface area contributed by atoms with Gasteiger partial charge < -0.3 is 0 Å². The Morgan fingerprint density at radius 3 is 0.676 bits per heavy atom.